The second-order valence-electron chi connectivity index (χ2n) is 7.25. The van der Waals surface area contributed by atoms with Crippen molar-refractivity contribution in [3.8, 4) is 11.3 Å². The summed E-state index contributed by atoms with van der Waals surface area (Å²) in [4.78, 5) is 15.8. The van der Waals surface area contributed by atoms with E-state index < -0.39 is 0 Å². The van der Waals surface area contributed by atoms with E-state index in [2.05, 4.69) is 22.2 Å². The van der Waals surface area contributed by atoms with Crippen LogP contribution in [0.4, 0.5) is 15.9 Å². The fraction of sp³-hybridized carbons (Fsp3) is 0.318. The second-order valence-corrected chi connectivity index (χ2v) is 7.25. The van der Waals surface area contributed by atoms with Crippen LogP contribution in [-0.4, -0.2) is 60.5 Å². The molecule has 0 saturated carbocycles. The number of halogens is 1. The Morgan fingerprint density at radius 1 is 1.22 bits per heavy atom. The summed E-state index contributed by atoms with van der Waals surface area (Å²) in [6.07, 6.45) is 3.07. The molecule has 168 valence electrons. The maximum absolute atomic E-state index is 14.9. The van der Waals surface area contributed by atoms with Gasteiger partial charge in [0.2, 0.25) is 5.91 Å². The number of anilines is 2. The summed E-state index contributed by atoms with van der Waals surface area (Å²) < 4.78 is 30.2. The van der Waals surface area contributed by atoms with Gasteiger partial charge in [-0.15, -0.1) is 6.58 Å². The van der Waals surface area contributed by atoms with Crippen LogP contribution in [0.2, 0.25) is 0 Å². The predicted octanol–water partition coefficient (Wildman–Crippen LogP) is 2.93. The Morgan fingerprint density at radius 3 is 2.78 bits per heavy atom. The first-order chi connectivity index (χ1) is 15.6. The first-order valence-corrected chi connectivity index (χ1v) is 10.2. The zero-order valence-corrected chi connectivity index (χ0v) is 17.5. The number of piperazine rings is 1. The quantitative estimate of drug-likeness (QED) is 0.400. The Hall–Kier alpha value is -3.66. The van der Waals surface area contributed by atoms with E-state index in [4.69, 9.17) is 13.8 Å². The molecule has 9 nitrogen and oxygen atoms in total. The molecule has 1 amide bonds. The molecule has 1 aliphatic rings. The Labute approximate surface area is 184 Å². The van der Waals surface area contributed by atoms with E-state index in [1.54, 1.807) is 29.2 Å². The highest BCUT2D eigenvalue weighted by atomic mass is 19.1. The molecule has 0 aliphatic carbocycles. The van der Waals surface area contributed by atoms with E-state index in [0.29, 0.717) is 67.9 Å². The molecule has 1 fully saturated rings. The summed E-state index contributed by atoms with van der Waals surface area (Å²) in [5.41, 5.74) is 1.67. The van der Waals surface area contributed by atoms with Crippen molar-refractivity contribution in [1.82, 2.24) is 15.2 Å². The number of aromatic nitrogens is 2. The van der Waals surface area contributed by atoms with E-state index in [0.717, 1.165) is 0 Å². The van der Waals surface area contributed by atoms with Gasteiger partial charge in [-0.25, -0.2) is 4.39 Å². The number of amides is 1. The highest BCUT2D eigenvalue weighted by Gasteiger charge is 2.23. The molecule has 0 radical (unpaired) electrons. The standard InChI is InChI=1S/C22H24FN5O4/c1-2-10-30-15-22(29)28-8-6-27(7-9-28)20-4-3-16(12-18(20)23)19-13-17(32-25-19)14-24-21-5-11-31-26-21/h2-5,11-13H,1,6-10,14-15H2,(H,24,26). The lowest BCUT2D eigenvalue weighted by molar-refractivity contribution is -0.136. The third-order valence-corrected chi connectivity index (χ3v) is 5.12. The van der Waals surface area contributed by atoms with Crippen LogP contribution in [-0.2, 0) is 16.1 Å². The monoisotopic (exact) mass is 441 g/mol. The van der Waals surface area contributed by atoms with Crippen LogP contribution in [0, 0.1) is 5.82 Å². The van der Waals surface area contributed by atoms with E-state index in [1.807, 2.05) is 11.0 Å². The molecule has 0 atom stereocenters. The average molecular weight is 441 g/mol. The Balaban J connectivity index is 1.34. The van der Waals surface area contributed by atoms with Gasteiger partial charge in [-0.3, -0.25) is 4.79 Å². The molecule has 4 rings (SSSR count). The molecule has 1 aromatic carbocycles. The van der Waals surface area contributed by atoms with Crippen LogP contribution in [0.1, 0.15) is 5.76 Å². The number of ether oxygens (including phenoxy) is 1. The van der Waals surface area contributed by atoms with Crippen molar-refractivity contribution in [2.45, 2.75) is 6.54 Å². The number of hydrogen-bond donors (Lipinski definition) is 1. The molecule has 1 aliphatic heterocycles. The van der Waals surface area contributed by atoms with Gasteiger partial charge < -0.3 is 28.9 Å². The lowest BCUT2D eigenvalue weighted by Crippen LogP contribution is -2.50. The molecule has 1 saturated heterocycles. The van der Waals surface area contributed by atoms with Gasteiger partial charge in [-0.1, -0.05) is 22.5 Å². The Morgan fingerprint density at radius 2 is 2.06 bits per heavy atom. The summed E-state index contributed by atoms with van der Waals surface area (Å²) >= 11 is 0. The molecule has 3 heterocycles. The SMILES string of the molecule is C=CCOCC(=O)N1CCN(c2ccc(-c3cc(CNc4ccon4)on3)cc2F)CC1. The topological polar surface area (TPSA) is 96.9 Å². The first kappa shape index (κ1) is 21.6. The summed E-state index contributed by atoms with van der Waals surface area (Å²) in [6.45, 7) is 6.43. The van der Waals surface area contributed by atoms with Gasteiger partial charge in [0.15, 0.2) is 11.6 Å². The first-order valence-electron chi connectivity index (χ1n) is 10.2. The molecule has 3 aromatic rings. The van der Waals surface area contributed by atoms with Crippen LogP contribution in [0.3, 0.4) is 0 Å². The van der Waals surface area contributed by atoms with Crippen molar-refractivity contribution in [2.24, 2.45) is 0 Å². The molecule has 0 unspecified atom stereocenters. The zero-order chi connectivity index (χ0) is 22.3. The third kappa shape index (κ3) is 5.14. The lowest BCUT2D eigenvalue weighted by atomic mass is 10.1. The number of hydrogen-bond acceptors (Lipinski definition) is 8. The molecule has 0 spiro atoms. The normalized spacial score (nSPS) is 13.9. The van der Waals surface area contributed by atoms with Crippen LogP contribution >= 0.6 is 0 Å². The molecular formula is C22H24FN5O4. The minimum Gasteiger partial charge on any atom is -0.368 e. The molecule has 0 bridgehead atoms. The minimum absolute atomic E-state index is 0.0306. The van der Waals surface area contributed by atoms with Gasteiger partial charge in [0.1, 0.15) is 24.4 Å². The highest BCUT2D eigenvalue weighted by molar-refractivity contribution is 5.77. The van der Waals surface area contributed by atoms with Crippen LogP contribution in [0.25, 0.3) is 11.3 Å². The maximum Gasteiger partial charge on any atom is 0.248 e. The number of nitrogens with one attached hydrogen (secondary N) is 1. The Kier molecular flexibility index (Phi) is 6.81. The number of carbonyl (C=O) groups excluding carboxylic acids is 1. The van der Waals surface area contributed by atoms with E-state index in [-0.39, 0.29) is 18.3 Å². The van der Waals surface area contributed by atoms with Crippen LogP contribution < -0.4 is 10.2 Å². The van der Waals surface area contributed by atoms with Crippen molar-refractivity contribution < 1.29 is 23.0 Å². The Bertz CT molecular complexity index is 1040. The number of nitrogens with zero attached hydrogens (tertiary/aromatic N) is 4. The van der Waals surface area contributed by atoms with E-state index >= 15 is 0 Å². The van der Waals surface area contributed by atoms with Crippen molar-refractivity contribution >= 4 is 17.4 Å². The number of benzene rings is 1. The lowest BCUT2D eigenvalue weighted by Gasteiger charge is -2.36. The zero-order valence-electron chi connectivity index (χ0n) is 17.5. The largest absolute Gasteiger partial charge is 0.368 e. The molecule has 2 aromatic heterocycles. The van der Waals surface area contributed by atoms with Gasteiger partial charge in [0.05, 0.1) is 18.8 Å². The van der Waals surface area contributed by atoms with Crippen LogP contribution in [0.15, 0.2) is 58.3 Å². The van der Waals surface area contributed by atoms with Crippen LogP contribution in [0.5, 0.6) is 0 Å². The smallest absolute Gasteiger partial charge is 0.248 e. The van der Waals surface area contributed by atoms with Gasteiger partial charge in [-0.05, 0) is 12.1 Å². The van der Waals surface area contributed by atoms with Crippen molar-refractivity contribution in [2.75, 3.05) is 49.6 Å². The van der Waals surface area contributed by atoms with E-state index in [9.17, 15) is 9.18 Å². The third-order valence-electron chi connectivity index (χ3n) is 5.12. The average Bonchev–Trinajstić information content (AvgIpc) is 3.50. The highest BCUT2D eigenvalue weighted by Crippen LogP contribution is 2.27. The van der Waals surface area contributed by atoms with Crippen molar-refractivity contribution in [3.63, 3.8) is 0 Å². The molecule has 32 heavy (non-hydrogen) atoms. The molecular weight excluding hydrogens is 417 g/mol. The van der Waals surface area contributed by atoms with Gasteiger partial charge in [0, 0.05) is 43.9 Å². The molecule has 1 N–H and O–H groups in total. The van der Waals surface area contributed by atoms with Gasteiger partial charge >= 0.3 is 0 Å². The second kappa shape index (κ2) is 10.1. The fourth-order valence-corrected chi connectivity index (χ4v) is 3.45. The summed E-state index contributed by atoms with van der Waals surface area (Å²) in [5.74, 6) is 0.763. The van der Waals surface area contributed by atoms with E-state index in [1.165, 1.54) is 12.3 Å². The maximum atomic E-state index is 14.9. The minimum atomic E-state index is -0.345. The number of rotatable bonds is 9. The molecule has 10 heteroatoms. The number of carbonyl (C=O) groups is 1. The van der Waals surface area contributed by atoms with Crippen molar-refractivity contribution in [3.05, 3.63) is 60.8 Å². The van der Waals surface area contributed by atoms with Gasteiger partial charge in [0.25, 0.3) is 0 Å². The summed E-state index contributed by atoms with van der Waals surface area (Å²) in [7, 11) is 0. The fourth-order valence-electron chi connectivity index (χ4n) is 3.45. The predicted molar refractivity (Wildman–Crippen MR) is 116 cm³/mol. The summed E-state index contributed by atoms with van der Waals surface area (Å²) in [6, 6.07) is 8.43. The van der Waals surface area contributed by atoms with Gasteiger partial charge in [-0.2, -0.15) is 0 Å². The summed E-state index contributed by atoms with van der Waals surface area (Å²) in [5, 5.41) is 10.8. The van der Waals surface area contributed by atoms with Crippen molar-refractivity contribution in [1.29, 1.82) is 0 Å².